The number of nitrogens with one attached hydrogen (secondary N) is 1. The molecule has 132 valence electrons. The maximum Gasteiger partial charge on any atom is 0.224 e. The smallest absolute Gasteiger partial charge is 0.224 e. The highest BCUT2D eigenvalue weighted by molar-refractivity contribution is 5.82. The molecule has 1 fully saturated rings. The summed E-state index contributed by atoms with van der Waals surface area (Å²) in [6.45, 7) is 1.23. The normalized spacial score (nSPS) is 18.5. The first kappa shape index (κ1) is 16.5. The van der Waals surface area contributed by atoms with Crippen LogP contribution in [0.4, 0.5) is 4.39 Å². The molecule has 26 heavy (non-hydrogen) atoms. The van der Waals surface area contributed by atoms with Crippen molar-refractivity contribution in [3.8, 4) is 0 Å². The zero-order chi connectivity index (χ0) is 17.9. The fourth-order valence-electron chi connectivity index (χ4n) is 3.35. The quantitative estimate of drug-likeness (QED) is 0.740. The maximum atomic E-state index is 13.8. The van der Waals surface area contributed by atoms with Crippen LogP contribution in [0.25, 0.3) is 0 Å². The Balaban J connectivity index is 1.33. The number of imidazole rings is 1. The van der Waals surface area contributed by atoms with E-state index in [2.05, 4.69) is 22.4 Å². The van der Waals surface area contributed by atoms with Gasteiger partial charge in [-0.05, 0) is 35.1 Å². The molecule has 1 amide bonds. The van der Waals surface area contributed by atoms with Crippen molar-refractivity contribution in [3.05, 3.63) is 89.8 Å². The summed E-state index contributed by atoms with van der Waals surface area (Å²) in [6, 6.07) is 14.8. The van der Waals surface area contributed by atoms with Gasteiger partial charge >= 0.3 is 0 Å². The molecule has 0 spiro atoms. The third-order valence-electron chi connectivity index (χ3n) is 4.81. The first-order chi connectivity index (χ1) is 12.7. The number of aromatic nitrogens is 2. The van der Waals surface area contributed by atoms with Crippen molar-refractivity contribution < 1.29 is 9.18 Å². The van der Waals surface area contributed by atoms with Crippen molar-refractivity contribution >= 4 is 5.91 Å². The van der Waals surface area contributed by atoms with Crippen LogP contribution in [0.2, 0.25) is 0 Å². The van der Waals surface area contributed by atoms with Gasteiger partial charge in [0, 0.05) is 31.4 Å². The second kappa shape index (κ2) is 7.12. The van der Waals surface area contributed by atoms with E-state index in [0.717, 1.165) is 17.7 Å². The molecule has 0 aliphatic heterocycles. The second-order valence-corrected chi connectivity index (χ2v) is 6.74. The Kier molecular flexibility index (Phi) is 4.52. The summed E-state index contributed by atoms with van der Waals surface area (Å²) in [5, 5.41) is 2.99. The number of halogens is 1. The molecular formula is C21H20FN3O. The first-order valence-corrected chi connectivity index (χ1v) is 8.76. The minimum absolute atomic E-state index is 0.00161. The van der Waals surface area contributed by atoms with Gasteiger partial charge in [-0.15, -0.1) is 0 Å². The topological polar surface area (TPSA) is 46.9 Å². The molecule has 1 aromatic heterocycles. The van der Waals surface area contributed by atoms with Crippen LogP contribution in [0, 0.1) is 11.7 Å². The van der Waals surface area contributed by atoms with E-state index in [-0.39, 0.29) is 23.6 Å². The molecule has 0 radical (unpaired) electrons. The van der Waals surface area contributed by atoms with Crippen molar-refractivity contribution in [2.24, 2.45) is 5.92 Å². The number of hydrogen-bond acceptors (Lipinski definition) is 2. The van der Waals surface area contributed by atoms with Crippen LogP contribution in [-0.2, 0) is 17.9 Å². The molecule has 1 saturated carbocycles. The van der Waals surface area contributed by atoms with Gasteiger partial charge in [-0.1, -0.05) is 42.5 Å². The van der Waals surface area contributed by atoms with Crippen molar-refractivity contribution in [1.29, 1.82) is 0 Å². The Morgan fingerprint density at radius 3 is 2.85 bits per heavy atom. The molecule has 2 atom stereocenters. The van der Waals surface area contributed by atoms with E-state index in [1.54, 1.807) is 24.7 Å². The molecule has 2 aromatic carbocycles. The van der Waals surface area contributed by atoms with E-state index < -0.39 is 0 Å². The highest BCUT2D eigenvalue weighted by Gasteiger charge is 2.44. The second-order valence-electron chi connectivity index (χ2n) is 6.74. The van der Waals surface area contributed by atoms with Crippen LogP contribution in [0.1, 0.15) is 29.0 Å². The van der Waals surface area contributed by atoms with Gasteiger partial charge in [0.15, 0.2) is 0 Å². The van der Waals surface area contributed by atoms with Crippen LogP contribution in [-0.4, -0.2) is 15.5 Å². The molecule has 0 unspecified atom stereocenters. The molecule has 0 bridgehead atoms. The van der Waals surface area contributed by atoms with Gasteiger partial charge in [-0.25, -0.2) is 9.37 Å². The number of benzene rings is 2. The standard InChI is InChI=1S/C21H20FN3O/c22-20-7-2-1-6-17(20)18-11-19(18)21(26)24-12-15-4-3-5-16(10-15)13-25-9-8-23-14-25/h1-10,14,18-19H,11-13H2,(H,24,26)/t18-,19-/m0/s1. The van der Waals surface area contributed by atoms with E-state index in [1.807, 2.05) is 29.0 Å². The number of amides is 1. The third-order valence-corrected chi connectivity index (χ3v) is 4.81. The van der Waals surface area contributed by atoms with Crippen LogP contribution in [0.5, 0.6) is 0 Å². The zero-order valence-electron chi connectivity index (χ0n) is 14.3. The molecule has 3 aromatic rings. The monoisotopic (exact) mass is 349 g/mol. The summed E-state index contributed by atoms with van der Waals surface area (Å²) in [7, 11) is 0. The van der Waals surface area contributed by atoms with Gasteiger partial charge in [-0.2, -0.15) is 0 Å². The van der Waals surface area contributed by atoms with Crippen molar-refractivity contribution in [1.82, 2.24) is 14.9 Å². The number of rotatable bonds is 6. The maximum absolute atomic E-state index is 13.8. The number of nitrogens with zero attached hydrogens (tertiary/aromatic N) is 2. The molecule has 0 saturated heterocycles. The van der Waals surface area contributed by atoms with Crippen molar-refractivity contribution in [3.63, 3.8) is 0 Å². The summed E-state index contributed by atoms with van der Waals surface area (Å²) in [4.78, 5) is 16.4. The lowest BCUT2D eigenvalue weighted by atomic mass is 10.1. The molecule has 4 nitrogen and oxygen atoms in total. The largest absolute Gasteiger partial charge is 0.352 e. The summed E-state index contributed by atoms with van der Waals surface area (Å²) >= 11 is 0. The van der Waals surface area contributed by atoms with Crippen molar-refractivity contribution in [2.75, 3.05) is 0 Å². The Hall–Kier alpha value is -2.95. The summed E-state index contributed by atoms with van der Waals surface area (Å²) < 4.78 is 15.8. The van der Waals surface area contributed by atoms with Crippen LogP contribution < -0.4 is 5.32 Å². The van der Waals surface area contributed by atoms with E-state index in [4.69, 9.17) is 0 Å². The summed E-state index contributed by atoms with van der Waals surface area (Å²) in [5.41, 5.74) is 2.86. The van der Waals surface area contributed by atoms with Gasteiger partial charge < -0.3 is 9.88 Å². The van der Waals surface area contributed by atoms with Crippen LogP contribution >= 0.6 is 0 Å². The van der Waals surface area contributed by atoms with E-state index in [1.165, 1.54) is 6.07 Å². The van der Waals surface area contributed by atoms with Crippen molar-refractivity contribution in [2.45, 2.75) is 25.4 Å². The Bertz CT molecular complexity index is 907. The van der Waals surface area contributed by atoms with Gasteiger partial charge in [0.05, 0.1) is 6.33 Å². The highest BCUT2D eigenvalue weighted by atomic mass is 19.1. The molecular weight excluding hydrogens is 329 g/mol. The van der Waals surface area contributed by atoms with Crippen LogP contribution in [0.15, 0.2) is 67.3 Å². The molecule has 4 rings (SSSR count). The van der Waals surface area contributed by atoms with Crippen LogP contribution in [0.3, 0.4) is 0 Å². The fourth-order valence-corrected chi connectivity index (χ4v) is 3.35. The van der Waals surface area contributed by atoms with Gasteiger partial charge in [0.2, 0.25) is 5.91 Å². The Morgan fingerprint density at radius 1 is 1.19 bits per heavy atom. The summed E-state index contributed by atoms with van der Waals surface area (Å²) in [5.74, 6) is -0.344. The molecule has 1 heterocycles. The van der Waals surface area contributed by atoms with E-state index in [9.17, 15) is 9.18 Å². The zero-order valence-corrected chi connectivity index (χ0v) is 14.3. The molecule has 1 N–H and O–H groups in total. The number of carbonyl (C=O) groups excluding carboxylic acids is 1. The molecule has 1 aliphatic rings. The minimum atomic E-state index is -0.222. The molecule has 1 aliphatic carbocycles. The predicted molar refractivity (Wildman–Crippen MR) is 96.9 cm³/mol. The predicted octanol–water partition coefficient (Wildman–Crippen LogP) is 3.49. The average molecular weight is 349 g/mol. The fraction of sp³-hybridized carbons (Fsp3) is 0.238. The lowest BCUT2D eigenvalue weighted by Gasteiger charge is -2.08. The van der Waals surface area contributed by atoms with Gasteiger partial charge in [-0.3, -0.25) is 4.79 Å². The van der Waals surface area contributed by atoms with E-state index in [0.29, 0.717) is 18.5 Å². The van der Waals surface area contributed by atoms with Gasteiger partial charge in [0.1, 0.15) is 5.82 Å². The lowest BCUT2D eigenvalue weighted by molar-refractivity contribution is -0.122. The third kappa shape index (κ3) is 3.67. The van der Waals surface area contributed by atoms with E-state index >= 15 is 0 Å². The summed E-state index contributed by atoms with van der Waals surface area (Å²) in [6.07, 6.45) is 6.17. The van der Waals surface area contributed by atoms with Gasteiger partial charge in [0.25, 0.3) is 0 Å². The first-order valence-electron chi connectivity index (χ1n) is 8.76. The average Bonchev–Trinajstić information content (AvgIpc) is 3.28. The lowest BCUT2D eigenvalue weighted by Crippen LogP contribution is -2.25. The minimum Gasteiger partial charge on any atom is -0.352 e. The SMILES string of the molecule is O=C(NCc1cccc(Cn2ccnc2)c1)[C@H]1C[C@H]1c1ccccc1F. The molecule has 5 heteroatoms. The number of carbonyl (C=O) groups is 1. The Labute approximate surface area is 151 Å². The number of hydrogen-bond donors (Lipinski definition) is 1. The Morgan fingerprint density at radius 2 is 2.04 bits per heavy atom. The highest BCUT2D eigenvalue weighted by Crippen LogP contribution is 2.48.